The van der Waals surface area contributed by atoms with E-state index in [0.717, 1.165) is 6.33 Å². The lowest BCUT2D eigenvalue weighted by Gasteiger charge is -2.30. The van der Waals surface area contributed by atoms with Crippen molar-refractivity contribution in [2.45, 2.75) is 23.9 Å². The van der Waals surface area contributed by atoms with Crippen LogP contribution in [0.5, 0.6) is 0 Å². The van der Waals surface area contributed by atoms with Gasteiger partial charge in [0, 0.05) is 0 Å². The van der Waals surface area contributed by atoms with Crippen LogP contribution in [0.25, 0.3) is 5.52 Å². The highest BCUT2D eigenvalue weighted by atomic mass is 35.5. The number of fused-ring (bicyclic) bond motifs is 1. The lowest BCUT2D eigenvalue weighted by atomic mass is 9.96. The second-order valence-electron chi connectivity index (χ2n) is 6.74. The van der Waals surface area contributed by atoms with Crippen molar-refractivity contribution in [2.24, 2.45) is 0 Å². The van der Waals surface area contributed by atoms with Crippen molar-refractivity contribution >= 4 is 46.4 Å². The first kappa shape index (κ1) is 26.6. The SMILES string of the molecule is Nc1ncnn2c([C@@H]3O[C@@](CCl)(COP(=O)(O)OP(=O)(O)OP(=O)(O)O)[C@@H](O)[C@H]3O)ccc12. The van der Waals surface area contributed by atoms with Gasteiger partial charge in [-0.1, -0.05) is 0 Å². The third-order valence-corrected chi connectivity index (χ3v) is 8.69. The Kier molecular flexibility index (Phi) is 7.43. The molecule has 0 spiro atoms. The Bertz CT molecular complexity index is 1170. The van der Waals surface area contributed by atoms with Gasteiger partial charge >= 0.3 is 23.5 Å². The fraction of sp³-hybridized carbons (Fsp3) is 0.500. The van der Waals surface area contributed by atoms with Crippen LogP contribution in [0.2, 0.25) is 0 Å². The van der Waals surface area contributed by atoms with Crippen molar-refractivity contribution in [3.05, 3.63) is 24.2 Å². The number of anilines is 1. The number of halogens is 1. The lowest BCUT2D eigenvalue weighted by Crippen LogP contribution is -2.48. The normalized spacial score (nSPS) is 29.7. The van der Waals surface area contributed by atoms with Gasteiger partial charge in [-0.25, -0.2) is 23.2 Å². The standard InChI is InChI=1S/C12H18ClN4O13P3/c13-3-12(4-27-32(23,24)30-33(25,26)29-31(20,21)22)10(19)8(18)9(28-12)6-1-2-7-11(14)15-5-16-17(6)7/h1-2,5,8-10,18-19H,3-4H2,(H,23,24)(H,25,26)(H2,14,15,16)(H2,20,21,22)/t8-,9-,10-,12-/m0/s1. The van der Waals surface area contributed by atoms with Gasteiger partial charge in [0.25, 0.3) is 0 Å². The number of nitrogens with two attached hydrogens (primary N) is 1. The molecule has 0 aliphatic carbocycles. The molecular weight excluding hydrogens is 537 g/mol. The highest BCUT2D eigenvalue weighted by Gasteiger charge is 2.56. The van der Waals surface area contributed by atoms with E-state index in [2.05, 4.69) is 23.2 Å². The van der Waals surface area contributed by atoms with Crippen LogP contribution < -0.4 is 5.73 Å². The molecule has 1 aliphatic heterocycles. The molecule has 6 atom stereocenters. The van der Waals surface area contributed by atoms with Crippen molar-refractivity contribution in [1.82, 2.24) is 14.6 Å². The molecule has 186 valence electrons. The molecule has 17 nitrogen and oxygen atoms in total. The molecule has 21 heteroatoms. The third kappa shape index (κ3) is 5.81. The molecule has 1 fully saturated rings. The molecule has 0 radical (unpaired) electrons. The number of nitrogen functional groups attached to an aromatic ring is 1. The van der Waals surface area contributed by atoms with E-state index in [9.17, 15) is 33.7 Å². The average Bonchev–Trinajstić information content (AvgIpc) is 3.19. The smallest absolute Gasteiger partial charge is 0.387 e. The van der Waals surface area contributed by atoms with Crippen molar-refractivity contribution in [3.8, 4) is 0 Å². The van der Waals surface area contributed by atoms with Crippen LogP contribution in [-0.2, 0) is 31.6 Å². The minimum atomic E-state index is -5.75. The van der Waals surface area contributed by atoms with Gasteiger partial charge in [-0.3, -0.25) is 4.52 Å². The quantitative estimate of drug-likeness (QED) is 0.151. The number of ether oxygens (including phenoxy) is 1. The van der Waals surface area contributed by atoms with Crippen LogP contribution in [0.3, 0.4) is 0 Å². The summed E-state index contributed by atoms with van der Waals surface area (Å²) in [5.74, 6) is -0.502. The highest BCUT2D eigenvalue weighted by molar-refractivity contribution is 7.66. The van der Waals surface area contributed by atoms with Gasteiger partial charge in [0.2, 0.25) is 0 Å². The van der Waals surface area contributed by atoms with E-state index < -0.39 is 59.9 Å². The molecular formula is C12H18ClN4O13P3. The number of aliphatic hydroxyl groups is 2. The van der Waals surface area contributed by atoms with E-state index >= 15 is 0 Å². The van der Waals surface area contributed by atoms with E-state index in [4.69, 9.17) is 31.9 Å². The fourth-order valence-corrected chi connectivity index (χ4v) is 6.43. The van der Waals surface area contributed by atoms with Crippen molar-refractivity contribution in [2.75, 3.05) is 18.2 Å². The van der Waals surface area contributed by atoms with Gasteiger partial charge < -0.3 is 40.3 Å². The Morgan fingerprint density at radius 2 is 1.82 bits per heavy atom. The molecule has 0 aromatic carbocycles. The van der Waals surface area contributed by atoms with Gasteiger partial charge in [0.15, 0.2) is 5.82 Å². The van der Waals surface area contributed by atoms with Crippen LogP contribution in [0.4, 0.5) is 5.82 Å². The third-order valence-electron chi connectivity index (χ3n) is 4.45. The summed E-state index contributed by atoms with van der Waals surface area (Å²) in [5, 5.41) is 25.1. The largest absolute Gasteiger partial charge is 0.490 e. The fourth-order valence-electron chi connectivity index (χ4n) is 3.06. The number of phosphoric ester groups is 1. The van der Waals surface area contributed by atoms with Crippen molar-refractivity contribution < 1.29 is 61.4 Å². The van der Waals surface area contributed by atoms with Crippen LogP contribution in [-0.4, -0.2) is 74.7 Å². The highest BCUT2D eigenvalue weighted by Crippen LogP contribution is 2.66. The Hall–Kier alpha value is -1.00. The summed E-state index contributed by atoms with van der Waals surface area (Å²) in [7, 11) is -16.9. The minimum absolute atomic E-state index is 0.112. The topological polar surface area (TPSA) is 266 Å². The van der Waals surface area contributed by atoms with E-state index in [1.54, 1.807) is 0 Å². The summed E-state index contributed by atoms with van der Waals surface area (Å²) in [6.07, 6.45) is -3.62. The molecule has 2 unspecified atom stereocenters. The molecule has 2 aromatic rings. The molecule has 1 saturated heterocycles. The van der Waals surface area contributed by atoms with Gasteiger partial charge in [0.1, 0.15) is 35.8 Å². The Labute approximate surface area is 189 Å². The Morgan fingerprint density at radius 1 is 1.15 bits per heavy atom. The number of aromatic nitrogens is 3. The van der Waals surface area contributed by atoms with Gasteiger partial charge in [0.05, 0.1) is 18.2 Å². The number of nitrogens with zero attached hydrogens (tertiary/aromatic N) is 3. The monoisotopic (exact) mass is 554 g/mol. The summed E-state index contributed by atoms with van der Waals surface area (Å²) in [6, 6.07) is 2.98. The van der Waals surface area contributed by atoms with E-state index in [0.29, 0.717) is 5.52 Å². The summed E-state index contributed by atoms with van der Waals surface area (Å²) >= 11 is 5.87. The zero-order chi connectivity index (χ0) is 24.8. The summed E-state index contributed by atoms with van der Waals surface area (Å²) in [4.78, 5) is 39.8. The lowest BCUT2D eigenvalue weighted by molar-refractivity contribution is -0.0958. The van der Waals surface area contributed by atoms with Gasteiger partial charge in [-0.05, 0) is 12.1 Å². The maximum absolute atomic E-state index is 12.0. The minimum Gasteiger partial charge on any atom is -0.387 e. The number of hydrogen-bond donors (Lipinski definition) is 7. The van der Waals surface area contributed by atoms with Crippen LogP contribution in [0.15, 0.2) is 18.5 Å². The first-order valence-electron chi connectivity index (χ1n) is 8.56. The molecule has 0 bridgehead atoms. The van der Waals surface area contributed by atoms with Gasteiger partial charge in [-0.2, -0.15) is 13.7 Å². The first-order chi connectivity index (χ1) is 15.1. The predicted octanol–water partition coefficient (Wildman–Crippen LogP) is -0.575. The van der Waals surface area contributed by atoms with E-state index in [1.165, 1.54) is 16.6 Å². The molecule has 3 heterocycles. The zero-order valence-corrected chi connectivity index (χ0v) is 19.5. The van der Waals surface area contributed by atoms with Gasteiger partial charge in [-0.15, -0.1) is 11.6 Å². The molecule has 0 amide bonds. The Balaban J connectivity index is 1.80. The summed E-state index contributed by atoms with van der Waals surface area (Å²) in [6.45, 7) is -1.07. The molecule has 33 heavy (non-hydrogen) atoms. The second-order valence-corrected chi connectivity index (χ2v) is 11.4. The average molecular weight is 555 g/mol. The van der Waals surface area contributed by atoms with Crippen molar-refractivity contribution in [3.63, 3.8) is 0 Å². The first-order valence-corrected chi connectivity index (χ1v) is 13.6. The number of alkyl halides is 1. The van der Waals surface area contributed by atoms with Crippen molar-refractivity contribution in [1.29, 1.82) is 0 Å². The summed E-state index contributed by atoms with van der Waals surface area (Å²) in [5.41, 5.74) is 4.27. The molecule has 2 aromatic heterocycles. The predicted molar refractivity (Wildman–Crippen MR) is 107 cm³/mol. The van der Waals surface area contributed by atoms with Crippen LogP contribution in [0, 0.1) is 0 Å². The maximum Gasteiger partial charge on any atom is 0.490 e. The number of aliphatic hydroxyl groups excluding tert-OH is 2. The molecule has 8 N–H and O–H groups in total. The molecule has 3 rings (SSSR count). The summed E-state index contributed by atoms with van der Waals surface area (Å²) < 4.78 is 52.9. The maximum atomic E-state index is 12.0. The number of hydrogen-bond acceptors (Lipinski definition) is 12. The molecule has 0 saturated carbocycles. The van der Waals surface area contributed by atoms with Crippen LogP contribution in [0.1, 0.15) is 11.8 Å². The molecule has 1 aliphatic rings. The number of rotatable bonds is 9. The van der Waals surface area contributed by atoms with E-state index in [1.807, 2.05) is 0 Å². The Morgan fingerprint density at radius 3 is 2.42 bits per heavy atom. The second kappa shape index (κ2) is 9.22. The zero-order valence-electron chi connectivity index (χ0n) is 16.1. The van der Waals surface area contributed by atoms with E-state index in [-0.39, 0.29) is 11.5 Å². The van der Waals surface area contributed by atoms with Crippen LogP contribution >= 0.6 is 35.1 Å². The number of phosphoric acid groups is 3.